The van der Waals surface area contributed by atoms with Gasteiger partial charge in [-0.2, -0.15) is 0 Å². The minimum absolute atomic E-state index is 0.0173. The molecule has 0 amide bonds. The zero-order valence-electron chi connectivity index (χ0n) is 15.5. The molecule has 28 heavy (non-hydrogen) atoms. The lowest BCUT2D eigenvalue weighted by atomic mass is 10.1. The Labute approximate surface area is 165 Å². The summed E-state index contributed by atoms with van der Waals surface area (Å²) in [5.74, 6) is 0.748. The molecule has 0 fully saturated rings. The van der Waals surface area contributed by atoms with Gasteiger partial charge in [0.15, 0.2) is 12.4 Å². The van der Waals surface area contributed by atoms with Crippen LogP contribution in [-0.4, -0.2) is 30.9 Å². The van der Waals surface area contributed by atoms with Crippen LogP contribution in [0.1, 0.15) is 11.4 Å². The van der Waals surface area contributed by atoms with Gasteiger partial charge < -0.3 is 4.74 Å². The molecule has 0 unspecified atom stereocenters. The monoisotopic (exact) mass is 394 g/mol. The second-order valence-electron chi connectivity index (χ2n) is 6.40. The van der Waals surface area contributed by atoms with Gasteiger partial charge in [0, 0.05) is 11.9 Å². The van der Waals surface area contributed by atoms with E-state index in [0.29, 0.717) is 22.5 Å². The summed E-state index contributed by atoms with van der Waals surface area (Å²) in [6.45, 7) is 1.92. The number of hydrogen-bond acceptors (Lipinski definition) is 6. The Morgan fingerprint density at radius 2 is 1.93 bits per heavy atom. The standard InChI is InChI=1S/C20H18N4O3S/c1-13-8-9-16-15(10-13)19(26)23(2)20-22-21-17(24(16)20)11-27-18(25)12-28-14-6-4-3-5-7-14/h3-10H,11-12H2,1-2H3. The molecule has 0 bridgehead atoms. The SMILES string of the molecule is Cc1ccc2c(c1)c(=O)n(C)c1nnc(COC(=O)CSc3ccccc3)n21. The summed E-state index contributed by atoms with van der Waals surface area (Å²) in [6, 6.07) is 15.3. The predicted octanol–water partition coefficient (Wildman–Crippen LogP) is 2.73. The Hall–Kier alpha value is -3.13. The molecule has 8 heteroatoms. The zero-order chi connectivity index (χ0) is 19.7. The lowest BCUT2D eigenvalue weighted by Gasteiger charge is -2.09. The first-order valence-electron chi connectivity index (χ1n) is 8.71. The highest BCUT2D eigenvalue weighted by molar-refractivity contribution is 8.00. The van der Waals surface area contributed by atoms with E-state index in [2.05, 4.69) is 10.2 Å². The fourth-order valence-corrected chi connectivity index (χ4v) is 3.72. The van der Waals surface area contributed by atoms with Gasteiger partial charge in [-0.05, 0) is 31.2 Å². The van der Waals surface area contributed by atoms with Crippen molar-refractivity contribution < 1.29 is 9.53 Å². The van der Waals surface area contributed by atoms with Crippen LogP contribution in [0, 0.1) is 6.92 Å². The molecular formula is C20H18N4O3S. The number of rotatable bonds is 5. The van der Waals surface area contributed by atoms with Gasteiger partial charge in [0.2, 0.25) is 5.78 Å². The third kappa shape index (κ3) is 3.38. The third-order valence-electron chi connectivity index (χ3n) is 4.40. The zero-order valence-corrected chi connectivity index (χ0v) is 16.3. The van der Waals surface area contributed by atoms with Crippen LogP contribution in [0.4, 0.5) is 0 Å². The Kier molecular flexibility index (Phi) is 4.87. The minimum Gasteiger partial charge on any atom is -0.457 e. The Morgan fingerprint density at radius 3 is 2.71 bits per heavy atom. The molecule has 0 radical (unpaired) electrons. The summed E-state index contributed by atoms with van der Waals surface area (Å²) in [4.78, 5) is 25.7. The van der Waals surface area contributed by atoms with Crippen molar-refractivity contribution >= 4 is 34.4 Å². The van der Waals surface area contributed by atoms with Gasteiger partial charge in [0.25, 0.3) is 5.56 Å². The van der Waals surface area contributed by atoms with Gasteiger partial charge in [-0.25, -0.2) is 0 Å². The lowest BCUT2D eigenvalue weighted by molar-refractivity contribution is -0.141. The molecule has 2 heterocycles. The predicted molar refractivity (Wildman–Crippen MR) is 107 cm³/mol. The lowest BCUT2D eigenvalue weighted by Crippen LogP contribution is -2.20. The molecule has 0 saturated heterocycles. The van der Waals surface area contributed by atoms with Crippen LogP contribution in [0.15, 0.2) is 58.2 Å². The number of carbonyl (C=O) groups is 1. The van der Waals surface area contributed by atoms with Crippen LogP contribution in [-0.2, 0) is 23.2 Å². The number of benzene rings is 2. The fourth-order valence-electron chi connectivity index (χ4n) is 3.00. The number of thioether (sulfide) groups is 1. The molecule has 0 spiro atoms. The summed E-state index contributed by atoms with van der Waals surface area (Å²) in [7, 11) is 1.65. The Morgan fingerprint density at radius 1 is 1.14 bits per heavy atom. The number of aromatic nitrogens is 4. The second-order valence-corrected chi connectivity index (χ2v) is 7.45. The topological polar surface area (TPSA) is 78.5 Å². The first-order chi connectivity index (χ1) is 13.5. The Balaban J connectivity index is 1.58. The number of ether oxygens (including phenoxy) is 1. The van der Waals surface area contributed by atoms with Crippen molar-refractivity contribution in [1.82, 2.24) is 19.2 Å². The average Bonchev–Trinajstić information content (AvgIpc) is 3.14. The minimum atomic E-state index is -0.337. The maximum atomic E-state index is 12.6. The quantitative estimate of drug-likeness (QED) is 0.383. The van der Waals surface area contributed by atoms with Gasteiger partial charge in [0.05, 0.1) is 16.7 Å². The summed E-state index contributed by atoms with van der Waals surface area (Å²) in [5.41, 5.74) is 1.54. The van der Waals surface area contributed by atoms with Crippen LogP contribution in [0.5, 0.6) is 0 Å². The Bertz CT molecular complexity index is 1230. The number of hydrogen-bond donors (Lipinski definition) is 0. The first kappa shape index (κ1) is 18.2. The number of esters is 1. The molecule has 0 N–H and O–H groups in total. The van der Waals surface area contributed by atoms with Crippen LogP contribution >= 0.6 is 11.8 Å². The van der Waals surface area contributed by atoms with Crippen molar-refractivity contribution in [2.75, 3.05) is 5.75 Å². The van der Waals surface area contributed by atoms with Crippen molar-refractivity contribution in [3.8, 4) is 0 Å². The van der Waals surface area contributed by atoms with Crippen molar-refractivity contribution in [3.63, 3.8) is 0 Å². The number of nitrogens with zero attached hydrogens (tertiary/aromatic N) is 4. The van der Waals surface area contributed by atoms with E-state index < -0.39 is 0 Å². The fraction of sp³-hybridized carbons (Fsp3) is 0.200. The molecule has 0 saturated carbocycles. The smallest absolute Gasteiger partial charge is 0.316 e. The van der Waals surface area contributed by atoms with Gasteiger partial charge in [-0.3, -0.25) is 18.6 Å². The average molecular weight is 394 g/mol. The van der Waals surface area contributed by atoms with Crippen molar-refractivity contribution in [3.05, 3.63) is 70.3 Å². The van der Waals surface area contributed by atoms with Gasteiger partial charge in [0.1, 0.15) is 0 Å². The second kappa shape index (κ2) is 7.47. The van der Waals surface area contributed by atoms with E-state index in [-0.39, 0.29) is 23.9 Å². The van der Waals surface area contributed by atoms with Crippen LogP contribution < -0.4 is 5.56 Å². The molecule has 0 aliphatic carbocycles. The molecule has 4 rings (SSSR count). The normalized spacial score (nSPS) is 11.2. The van der Waals surface area contributed by atoms with Gasteiger partial charge in [-0.1, -0.05) is 29.8 Å². The van der Waals surface area contributed by atoms with Crippen LogP contribution in [0.2, 0.25) is 0 Å². The van der Waals surface area contributed by atoms with Crippen LogP contribution in [0.3, 0.4) is 0 Å². The van der Waals surface area contributed by atoms with Crippen molar-refractivity contribution in [2.45, 2.75) is 18.4 Å². The molecule has 7 nitrogen and oxygen atoms in total. The molecular weight excluding hydrogens is 376 g/mol. The molecule has 142 valence electrons. The number of fused-ring (bicyclic) bond motifs is 3. The van der Waals surface area contributed by atoms with Crippen molar-refractivity contribution in [1.29, 1.82) is 0 Å². The van der Waals surface area contributed by atoms with Gasteiger partial charge >= 0.3 is 5.97 Å². The summed E-state index contributed by atoms with van der Waals surface area (Å²) in [5, 5.41) is 8.80. The van der Waals surface area contributed by atoms with E-state index in [1.165, 1.54) is 16.3 Å². The summed E-state index contributed by atoms with van der Waals surface area (Å²) < 4.78 is 8.60. The van der Waals surface area contributed by atoms with E-state index in [1.807, 2.05) is 55.5 Å². The molecule has 2 aromatic heterocycles. The van der Waals surface area contributed by atoms with E-state index in [4.69, 9.17) is 4.74 Å². The summed E-state index contributed by atoms with van der Waals surface area (Å²) >= 11 is 1.42. The third-order valence-corrected chi connectivity index (χ3v) is 5.39. The summed E-state index contributed by atoms with van der Waals surface area (Å²) in [6.07, 6.45) is 0. The highest BCUT2D eigenvalue weighted by atomic mass is 32.2. The molecule has 2 aromatic carbocycles. The molecule has 0 atom stereocenters. The first-order valence-corrected chi connectivity index (χ1v) is 9.70. The van der Waals surface area contributed by atoms with Gasteiger partial charge in [-0.15, -0.1) is 22.0 Å². The van der Waals surface area contributed by atoms with E-state index >= 15 is 0 Å². The van der Waals surface area contributed by atoms with Crippen molar-refractivity contribution in [2.24, 2.45) is 7.05 Å². The molecule has 0 aliphatic rings. The van der Waals surface area contributed by atoms with Crippen LogP contribution in [0.25, 0.3) is 16.7 Å². The number of aryl methyl sites for hydroxylation is 2. The maximum Gasteiger partial charge on any atom is 0.316 e. The number of carbonyl (C=O) groups excluding carboxylic acids is 1. The van der Waals surface area contributed by atoms with E-state index in [0.717, 1.165) is 10.5 Å². The van der Waals surface area contributed by atoms with E-state index in [1.54, 1.807) is 11.4 Å². The highest BCUT2D eigenvalue weighted by Gasteiger charge is 2.16. The molecule has 0 aliphatic heterocycles. The maximum absolute atomic E-state index is 12.6. The van der Waals surface area contributed by atoms with E-state index in [9.17, 15) is 9.59 Å². The highest BCUT2D eigenvalue weighted by Crippen LogP contribution is 2.18. The largest absolute Gasteiger partial charge is 0.457 e. The molecule has 4 aromatic rings.